The Bertz CT molecular complexity index is 560. The molecule has 2 rings (SSSR count). The fraction of sp³-hybridized carbons (Fsp3) is 0.438. The number of amides is 1. The van der Waals surface area contributed by atoms with E-state index in [2.05, 4.69) is 25.8 Å². The van der Waals surface area contributed by atoms with Gasteiger partial charge in [0.25, 0.3) is 5.91 Å². The van der Waals surface area contributed by atoms with Crippen LogP contribution in [0.3, 0.4) is 0 Å². The first kappa shape index (κ1) is 16.9. The van der Waals surface area contributed by atoms with Crippen molar-refractivity contribution < 1.29 is 4.79 Å². The summed E-state index contributed by atoms with van der Waals surface area (Å²) >= 11 is 0. The van der Waals surface area contributed by atoms with Crippen molar-refractivity contribution in [1.29, 1.82) is 5.26 Å². The van der Waals surface area contributed by atoms with Gasteiger partial charge in [0.05, 0.1) is 12.2 Å². The van der Waals surface area contributed by atoms with Gasteiger partial charge < -0.3 is 16.0 Å². The van der Waals surface area contributed by atoms with Crippen molar-refractivity contribution in [2.75, 3.05) is 39.3 Å². The molecule has 1 aromatic heterocycles. The maximum atomic E-state index is 12.0. The van der Waals surface area contributed by atoms with Crippen LogP contribution in [0, 0.1) is 11.3 Å². The van der Waals surface area contributed by atoms with Crippen LogP contribution in [0.1, 0.15) is 5.69 Å². The lowest BCUT2D eigenvalue weighted by Gasteiger charge is -2.27. The van der Waals surface area contributed by atoms with Crippen molar-refractivity contribution in [2.24, 2.45) is 0 Å². The Balaban J connectivity index is 1.72. The van der Waals surface area contributed by atoms with E-state index < -0.39 is 0 Å². The molecule has 0 unspecified atom stereocenters. The summed E-state index contributed by atoms with van der Waals surface area (Å²) in [5.41, 5.74) is 0.918. The van der Waals surface area contributed by atoms with E-state index in [1.807, 2.05) is 24.3 Å². The molecule has 1 aromatic rings. The second-order valence-electron chi connectivity index (χ2n) is 5.22. The standard InChI is InChI=1S/C16H22N6O/c17-11-14(12-19-13-15-3-1-2-4-20-15)16(23)21-7-10-22-8-5-18-6-9-22/h1-4,12,18-19H,5-10,13H2,(H,21,23)/b14-12-. The first-order chi connectivity index (χ1) is 11.3. The minimum absolute atomic E-state index is 0.0706. The second-order valence-corrected chi connectivity index (χ2v) is 5.22. The van der Waals surface area contributed by atoms with Crippen molar-refractivity contribution in [3.8, 4) is 6.07 Å². The van der Waals surface area contributed by atoms with Gasteiger partial charge in [0.1, 0.15) is 11.6 Å². The normalized spacial score (nSPS) is 15.7. The number of hydrogen-bond acceptors (Lipinski definition) is 6. The van der Waals surface area contributed by atoms with Crippen LogP contribution in [0.25, 0.3) is 0 Å². The molecule has 0 atom stereocenters. The molecule has 1 amide bonds. The Kier molecular flexibility index (Phi) is 7.04. The van der Waals surface area contributed by atoms with Crippen LogP contribution < -0.4 is 16.0 Å². The maximum Gasteiger partial charge on any atom is 0.263 e. The van der Waals surface area contributed by atoms with Gasteiger partial charge in [-0.1, -0.05) is 6.07 Å². The molecule has 1 aliphatic heterocycles. The Morgan fingerprint density at radius 3 is 2.96 bits per heavy atom. The monoisotopic (exact) mass is 314 g/mol. The lowest BCUT2D eigenvalue weighted by atomic mass is 10.3. The van der Waals surface area contributed by atoms with Gasteiger partial charge in [-0.2, -0.15) is 5.26 Å². The zero-order chi connectivity index (χ0) is 16.3. The number of nitriles is 1. The molecule has 1 aliphatic rings. The third-order valence-electron chi connectivity index (χ3n) is 3.54. The zero-order valence-electron chi connectivity index (χ0n) is 13.1. The van der Waals surface area contributed by atoms with E-state index in [9.17, 15) is 4.79 Å². The molecule has 2 heterocycles. The third-order valence-corrected chi connectivity index (χ3v) is 3.54. The molecular formula is C16H22N6O. The van der Waals surface area contributed by atoms with E-state index in [-0.39, 0.29) is 11.5 Å². The SMILES string of the molecule is N#C/C(=C/NCc1ccccn1)C(=O)NCCN1CCNCC1. The molecule has 0 spiro atoms. The van der Waals surface area contributed by atoms with Crippen LogP contribution in [-0.2, 0) is 11.3 Å². The number of nitrogens with one attached hydrogen (secondary N) is 3. The highest BCUT2D eigenvalue weighted by Crippen LogP contribution is 1.95. The number of piperazine rings is 1. The molecule has 1 fully saturated rings. The molecule has 7 heteroatoms. The summed E-state index contributed by atoms with van der Waals surface area (Å²) in [4.78, 5) is 18.4. The van der Waals surface area contributed by atoms with E-state index in [4.69, 9.17) is 5.26 Å². The molecule has 0 aromatic carbocycles. The number of carbonyl (C=O) groups excluding carboxylic acids is 1. The van der Waals surface area contributed by atoms with E-state index in [0.717, 1.165) is 38.4 Å². The molecule has 0 radical (unpaired) electrons. The highest BCUT2D eigenvalue weighted by Gasteiger charge is 2.11. The van der Waals surface area contributed by atoms with Gasteiger partial charge in [-0.15, -0.1) is 0 Å². The molecular weight excluding hydrogens is 292 g/mol. The van der Waals surface area contributed by atoms with Crippen LogP contribution in [0.5, 0.6) is 0 Å². The zero-order valence-corrected chi connectivity index (χ0v) is 13.1. The van der Waals surface area contributed by atoms with Crippen molar-refractivity contribution >= 4 is 5.91 Å². The summed E-state index contributed by atoms with van der Waals surface area (Å²) in [6, 6.07) is 7.52. The number of rotatable bonds is 7. The lowest BCUT2D eigenvalue weighted by molar-refractivity contribution is -0.117. The van der Waals surface area contributed by atoms with Gasteiger partial charge in [0.2, 0.25) is 0 Å². The van der Waals surface area contributed by atoms with Gasteiger partial charge in [-0.3, -0.25) is 14.7 Å². The predicted molar refractivity (Wildman–Crippen MR) is 87.1 cm³/mol. The minimum atomic E-state index is -0.351. The summed E-state index contributed by atoms with van der Waals surface area (Å²) < 4.78 is 0. The van der Waals surface area contributed by atoms with E-state index in [1.54, 1.807) is 6.20 Å². The molecule has 0 bridgehead atoms. The van der Waals surface area contributed by atoms with Gasteiger partial charge in [0, 0.05) is 51.7 Å². The van der Waals surface area contributed by atoms with Crippen molar-refractivity contribution in [3.63, 3.8) is 0 Å². The Morgan fingerprint density at radius 2 is 2.26 bits per heavy atom. The first-order valence-electron chi connectivity index (χ1n) is 7.74. The average molecular weight is 314 g/mol. The molecule has 122 valence electrons. The smallest absolute Gasteiger partial charge is 0.263 e. The Morgan fingerprint density at radius 1 is 1.43 bits per heavy atom. The molecule has 3 N–H and O–H groups in total. The first-order valence-corrected chi connectivity index (χ1v) is 7.74. The average Bonchev–Trinajstić information content (AvgIpc) is 2.60. The number of carbonyl (C=O) groups is 1. The van der Waals surface area contributed by atoms with Crippen LogP contribution in [0.2, 0.25) is 0 Å². The molecule has 0 aliphatic carbocycles. The van der Waals surface area contributed by atoms with Crippen molar-refractivity contribution in [1.82, 2.24) is 25.8 Å². The van der Waals surface area contributed by atoms with Crippen LogP contribution in [-0.4, -0.2) is 55.1 Å². The lowest BCUT2D eigenvalue weighted by Crippen LogP contribution is -2.46. The summed E-state index contributed by atoms with van der Waals surface area (Å²) in [7, 11) is 0. The topological polar surface area (TPSA) is 93.1 Å². The largest absolute Gasteiger partial charge is 0.384 e. The van der Waals surface area contributed by atoms with Crippen molar-refractivity contribution in [2.45, 2.75) is 6.54 Å². The second kappa shape index (κ2) is 9.56. The quantitative estimate of drug-likeness (QED) is 0.468. The number of pyridine rings is 1. The van der Waals surface area contributed by atoms with Crippen LogP contribution in [0.4, 0.5) is 0 Å². The molecule has 7 nitrogen and oxygen atoms in total. The Hall–Kier alpha value is -2.43. The minimum Gasteiger partial charge on any atom is -0.384 e. The van der Waals surface area contributed by atoms with Gasteiger partial charge in [-0.25, -0.2) is 0 Å². The summed E-state index contributed by atoms with van der Waals surface area (Å²) in [5.74, 6) is -0.351. The molecule has 23 heavy (non-hydrogen) atoms. The predicted octanol–water partition coefficient (Wildman–Crippen LogP) is -0.400. The molecule has 0 saturated carbocycles. The van der Waals surface area contributed by atoms with E-state index >= 15 is 0 Å². The highest BCUT2D eigenvalue weighted by molar-refractivity contribution is 5.97. The third kappa shape index (κ3) is 6.06. The summed E-state index contributed by atoms with van der Waals surface area (Å²) in [6.07, 6.45) is 3.14. The maximum absolute atomic E-state index is 12.0. The fourth-order valence-corrected chi connectivity index (χ4v) is 2.27. The van der Waals surface area contributed by atoms with Gasteiger partial charge in [-0.05, 0) is 12.1 Å². The summed E-state index contributed by atoms with van der Waals surface area (Å²) in [5, 5.41) is 18.1. The van der Waals surface area contributed by atoms with Crippen molar-refractivity contribution in [3.05, 3.63) is 41.9 Å². The molecule has 1 saturated heterocycles. The number of hydrogen-bond donors (Lipinski definition) is 3. The van der Waals surface area contributed by atoms with E-state index in [1.165, 1.54) is 6.20 Å². The van der Waals surface area contributed by atoms with Gasteiger partial charge in [0.15, 0.2) is 0 Å². The van der Waals surface area contributed by atoms with E-state index in [0.29, 0.717) is 13.1 Å². The van der Waals surface area contributed by atoms with Crippen LogP contribution in [0.15, 0.2) is 36.2 Å². The highest BCUT2D eigenvalue weighted by atomic mass is 16.1. The Labute approximate surface area is 136 Å². The fourth-order valence-electron chi connectivity index (χ4n) is 2.27. The summed E-state index contributed by atoms with van der Waals surface area (Å²) in [6.45, 7) is 5.75. The number of nitrogens with zero attached hydrogens (tertiary/aromatic N) is 3. The number of aromatic nitrogens is 1. The van der Waals surface area contributed by atoms with Gasteiger partial charge >= 0.3 is 0 Å². The van der Waals surface area contributed by atoms with Crippen LogP contribution >= 0.6 is 0 Å².